The summed E-state index contributed by atoms with van der Waals surface area (Å²) < 4.78 is 21.1. The summed E-state index contributed by atoms with van der Waals surface area (Å²) in [6.45, 7) is 1.55. The highest BCUT2D eigenvalue weighted by Gasteiger charge is 2.14. The number of halogens is 1. The van der Waals surface area contributed by atoms with Crippen LogP contribution in [0.15, 0.2) is 53.5 Å². The summed E-state index contributed by atoms with van der Waals surface area (Å²) in [6, 6.07) is 10.1. The first-order chi connectivity index (χ1) is 14.4. The predicted octanol–water partition coefficient (Wildman–Crippen LogP) is 3.45. The molecule has 1 aromatic heterocycles. The highest BCUT2D eigenvalue weighted by Crippen LogP contribution is 2.20. The minimum Gasteiger partial charge on any atom is -0.465 e. The first-order valence-corrected chi connectivity index (χ1v) is 9.65. The molecule has 3 rings (SSSR count). The van der Waals surface area contributed by atoms with Gasteiger partial charge in [0.15, 0.2) is 4.80 Å². The molecule has 2 aromatic carbocycles. The lowest BCUT2D eigenvalue weighted by Crippen LogP contribution is -2.23. The average molecular weight is 429 g/mol. The molecule has 0 aliphatic heterocycles. The van der Waals surface area contributed by atoms with Crippen molar-refractivity contribution in [1.29, 1.82) is 0 Å². The lowest BCUT2D eigenvalue weighted by molar-refractivity contribution is -0.384. The smallest absolute Gasteiger partial charge is 0.326 e. The highest BCUT2D eigenvalue weighted by atomic mass is 32.1. The topological polar surface area (TPSA) is 104 Å². The number of benzene rings is 2. The number of thiazole rings is 1. The van der Waals surface area contributed by atoms with E-state index >= 15 is 0 Å². The molecular weight excluding hydrogens is 413 g/mol. The molecule has 10 heteroatoms. The molecule has 0 saturated carbocycles. The van der Waals surface area contributed by atoms with E-state index in [1.807, 2.05) is 0 Å². The van der Waals surface area contributed by atoms with Crippen LogP contribution in [0.1, 0.15) is 12.5 Å². The van der Waals surface area contributed by atoms with Gasteiger partial charge in [0.2, 0.25) is 0 Å². The Balaban J connectivity index is 1.94. The zero-order valence-electron chi connectivity index (χ0n) is 15.8. The standard InChI is InChI=1S/C20H16FN3O5S/c1-2-29-18(26)12-23-19-15(21)4-3-5-16(19)30-20(23)22-17(25)11-8-13-6-9-14(10-7-13)24(27)28/h3-11H,2,12H2,1H3. The molecule has 154 valence electrons. The number of hydrogen-bond donors (Lipinski definition) is 0. The number of fused-ring (bicyclic) bond motifs is 1. The molecular formula is C20H16FN3O5S. The summed E-state index contributed by atoms with van der Waals surface area (Å²) in [4.78, 5) is 38.6. The number of aromatic nitrogens is 1. The van der Waals surface area contributed by atoms with Gasteiger partial charge in [0, 0.05) is 18.2 Å². The van der Waals surface area contributed by atoms with Crippen molar-refractivity contribution in [3.8, 4) is 0 Å². The van der Waals surface area contributed by atoms with E-state index in [9.17, 15) is 24.1 Å². The van der Waals surface area contributed by atoms with Gasteiger partial charge >= 0.3 is 5.97 Å². The molecule has 8 nitrogen and oxygen atoms in total. The Bertz CT molecular complexity index is 1210. The number of carbonyl (C=O) groups excluding carboxylic acids is 2. The molecule has 1 amide bonds. The Kier molecular flexibility index (Phi) is 6.48. The molecule has 0 spiro atoms. The van der Waals surface area contributed by atoms with Crippen molar-refractivity contribution >= 4 is 45.2 Å². The third-order valence-electron chi connectivity index (χ3n) is 3.97. The molecule has 0 fully saturated rings. The summed E-state index contributed by atoms with van der Waals surface area (Å²) in [5.41, 5.74) is 0.683. The summed E-state index contributed by atoms with van der Waals surface area (Å²) in [7, 11) is 0. The number of amides is 1. The van der Waals surface area contributed by atoms with Crippen LogP contribution in [0.25, 0.3) is 16.3 Å². The number of hydrogen-bond acceptors (Lipinski definition) is 6. The Labute approximate surface area is 173 Å². The second-order valence-electron chi connectivity index (χ2n) is 5.99. The van der Waals surface area contributed by atoms with Gasteiger partial charge in [-0.1, -0.05) is 17.4 Å². The summed E-state index contributed by atoms with van der Waals surface area (Å²) >= 11 is 1.07. The van der Waals surface area contributed by atoms with E-state index in [-0.39, 0.29) is 29.2 Å². The SMILES string of the molecule is CCOC(=O)Cn1c(=NC(=O)C=Cc2ccc([N+](=O)[O-])cc2)sc2cccc(F)c21. The normalized spacial score (nSPS) is 11.9. The van der Waals surface area contributed by atoms with Crippen molar-refractivity contribution in [3.63, 3.8) is 0 Å². The fourth-order valence-corrected chi connectivity index (χ4v) is 3.71. The predicted molar refractivity (Wildman–Crippen MR) is 109 cm³/mol. The van der Waals surface area contributed by atoms with E-state index in [0.717, 1.165) is 11.3 Å². The summed E-state index contributed by atoms with van der Waals surface area (Å²) in [5, 5.41) is 10.7. The van der Waals surface area contributed by atoms with Crippen LogP contribution in [0, 0.1) is 15.9 Å². The monoisotopic (exact) mass is 429 g/mol. The number of ether oxygens (including phenoxy) is 1. The van der Waals surface area contributed by atoms with E-state index in [4.69, 9.17) is 4.74 Å². The second kappa shape index (κ2) is 9.23. The molecule has 0 N–H and O–H groups in total. The van der Waals surface area contributed by atoms with Crippen molar-refractivity contribution in [3.05, 3.63) is 74.8 Å². The van der Waals surface area contributed by atoms with Crippen molar-refractivity contribution in [2.45, 2.75) is 13.5 Å². The van der Waals surface area contributed by atoms with Gasteiger partial charge in [-0.3, -0.25) is 19.7 Å². The number of nitro groups is 1. The number of non-ortho nitro benzene ring substituents is 1. The second-order valence-corrected chi connectivity index (χ2v) is 7.00. The molecule has 0 atom stereocenters. The number of nitro benzene ring substituents is 1. The van der Waals surface area contributed by atoms with Crippen LogP contribution in [0.5, 0.6) is 0 Å². The van der Waals surface area contributed by atoms with Gasteiger partial charge in [-0.2, -0.15) is 4.99 Å². The number of para-hydroxylation sites is 1. The number of carbonyl (C=O) groups is 2. The van der Waals surface area contributed by atoms with Gasteiger partial charge in [-0.05, 0) is 42.8 Å². The number of rotatable bonds is 6. The zero-order valence-corrected chi connectivity index (χ0v) is 16.6. The Morgan fingerprint density at radius 2 is 2.00 bits per heavy atom. The van der Waals surface area contributed by atoms with Gasteiger partial charge in [-0.15, -0.1) is 0 Å². The average Bonchev–Trinajstić information content (AvgIpc) is 3.05. The number of esters is 1. The maximum atomic E-state index is 14.3. The van der Waals surface area contributed by atoms with E-state index in [1.54, 1.807) is 13.0 Å². The maximum Gasteiger partial charge on any atom is 0.326 e. The van der Waals surface area contributed by atoms with E-state index in [1.165, 1.54) is 53.1 Å². The summed E-state index contributed by atoms with van der Waals surface area (Å²) in [6.07, 6.45) is 2.65. The molecule has 0 saturated heterocycles. The number of nitrogens with zero attached hydrogens (tertiary/aromatic N) is 3. The zero-order chi connectivity index (χ0) is 21.7. The van der Waals surface area contributed by atoms with Crippen molar-refractivity contribution < 1.29 is 23.6 Å². The van der Waals surface area contributed by atoms with Crippen LogP contribution in [-0.2, 0) is 20.9 Å². The summed E-state index contributed by atoms with van der Waals surface area (Å²) in [5.74, 6) is -1.74. The van der Waals surface area contributed by atoms with Gasteiger partial charge in [-0.25, -0.2) is 4.39 Å². The molecule has 0 aliphatic carbocycles. The third kappa shape index (κ3) is 4.84. The molecule has 0 bridgehead atoms. The first-order valence-electron chi connectivity index (χ1n) is 8.83. The van der Waals surface area contributed by atoms with Crippen LogP contribution in [0.4, 0.5) is 10.1 Å². The minimum absolute atomic E-state index is 0.0597. The molecule has 0 radical (unpaired) electrons. The highest BCUT2D eigenvalue weighted by molar-refractivity contribution is 7.16. The first kappa shape index (κ1) is 21.1. The third-order valence-corrected chi connectivity index (χ3v) is 5.02. The van der Waals surface area contributed by atoms with Crippen LogP contribution in [-0.4, -0.2) is 28.0 Å². The quantitative estimate of drug-likeness (QED) is 0.258. The van der Waals surface area contributed by atoms with Crippen molar-refractivity contribution in [2.75, 3.05) is 6.61 Å². The Morgan fingerprint density at radius 3 is 2.67 bits per heavy atom. The van der Waals surface area contributed by atoms with Gasteiger partial charge < -0.3 is 9.30 Å². The Morgan fingerprint density at radius 1 is 1.27 bits per heavy atom. The Hall–Kier alpha value is -3.66. The largest absolute Gasteiger partial charge is 0.465 e. The van der Waals surface area contributed by atoms with Crippen LogP contribution >= 0.6 is 11.3 Å². The van der Waals surface area contributed by atoms with Crippen LogP contribution in [0.2, 0.25) is 0 Å². The van der Waals surface area contributed by atoms with Gasteiger partial charge in [0.1, 0.15) is 12.4 Å². The molecule has 30 heavy (non-hydrogen) atoms. The van der Waals surface area contributed by atoms with Crippen molar-refractivity contribution in [2.24, 2.45) is 4.99 Å². The molecule has 0 unspecified atom stereocenters. The van der Waals surface area contributed by atoms with Gasteiger partial charge in [0.05, 0.1) is 21.7 Å². The van der Waals surface area contributed by atoms with E-state index in [0.29, 0.717) is 10.3 Å². The molecule has 3 aromatic rings. The molecule has 0 aliphatic rings. The van der Waals surface area contributed by atoms with Crippen LogP contribution in [0.3, 0.4) is 0 Å². The fraction of sp³-hybridized carbons (Fsp3) is 0.150. The molecule has 1 heterocycles. The lowest BCUT2D eigenvalue weighted by atomic mass is 10.2. The van der Waals surface area contributed by atoms with Gasteiger partial charge in [0.25, 0.3) is 11.6 Å². The van der Waals surface area contributed by atoms with E-state index < -0.39 is 22.6 Å². The van der Waals surface area contributed by atoms with Crippen LogP contribution < -0.4 is 4.80 Å². The fourth-order valence-electron chi connectivity index (χ4n) is 2.66. The maximum absolute atomic E-state index is 14.3. The van der Waals surface area contributed by atoms with Crippen molar-refractivity contribution in [1.82, 2.24) is 4.57 Å². The van der Waals surface area contributed by atoms with E-state index in [2.05, 4.69) is 4.99 Å². The minimum atomic E-state index is -0.627. The lowest BCUT2D eigenvalue weighted by Gasteiger charge is -2.05.